The highest BCUT2D eigenvalue weighted by Crippen LogP contribution is 2.41. The Morgan fingerprint density at radius 3 is 1.39 bits per heavy atom. The van der Waals surface area contributed by atoms with Crippen molar-refractivity contribution in [3.8, 4) is 33.9 Å². The van der Waals surface area contributed by atoms with Crippen LogP contribution in [0.4, 0.5) is 15.5 Å². The van der Waals surface area contributed by atoms with Crippen molar-refractivity contribution in [2.45, 2.75) is 103 Å². The number of alkyl carbamates (subject to hydrolysis) is 2. The fraction of sp³-hybridized carbons (Fsp3) is 0.242. The van der Waals surface area contributed by atoms with Gasteiger partial charge in [-0.15, -0.1) is 0 Å². The predicted octanol–water partition coefficient (Wildman–Crippen LogP) is 14.2. The average Bonchev–Trinajstić information content (AvgIpc) is 2.47. The fourth-order valence-electron chi connectivity index (χ4n) is 11.1. The number of carbonyl (C=O) groups is 2. The maximum Gasteiger partial charge on any atom is 0.407 e. The van der Waals surface area contributed by atoms with Crippen molar-refractivity contribution in [1.82, 2.24) is 39.7 Å². The maximum absolute atomic E-state index is 12.4. The van der Waals surface area contributed by atoms with Crippen LogP contribution in [0.25, 0.3) is 55.7 Å². The first kappa shape index (κ1) is 66.3. The number of halogens is 3. The summed E-state index contributed by atoms with van der Waals surface area (Å²) in [6.45, 7) is 4.73. The van der Waals surface area contributed by atoms with Crippen LogP contribution in [0.15, 0.2) is 182 Å². The number of anilines is 1. The molecule has 23 heteroatoms. The molecule has 4 aromatic heterocycles. The summed E-state index contributed by atoms with van der Waals surface area (Å²) >= 11 is 17.6. The molecule has 0 aliphatic heterocycles. The lowest BCUT2D eigenvalue weighted by Gasteiger charge is -2.30. The summed E-state index contributed by atoms with van der Waals surface area (Å²) in [7, 11) is 0. The molecule has 4 heterocycles. The first-order chi connectivity index (χ1) is 43.3. The molecule has 2 aliphatic carbocycles. The van der Waals surface area contributed by atoms with Gasteiger partial charge in [0.05, 0.1) is 44.9 Å². The summed E-state index contributed by atoms with van der Waals surface area (Å²) in [5, 5.41) is 12.7. The van der Waals surface area contributed by atoms with Crippen molar-refractivity contribution in [2.24, 2.45) is 5.73 Å². The summed E-state index contributed by atoms with van der Waals surface area (Å²) in [5.41, 5.74) is 17.6. The van der Waals surface area contributed by atoms with Crippen LogP contribution in [0.5, 0.6) is 0 Å². The monoisotopic (exact) mass is 1290 g/mol. The molecule has 2 amide bonds. The number of nitrogens with one attached hydrogen (secondary N) is 3. The van der Waals surface area contributed by atoms with E-state index in [-0.39, 0.29) is 42.2 Å². The summed E-state index contributed by atoms with van der Waals surface area (Å²) in [6.07, 6.45) is 10.0. The van der Waals surface area contributed by atoms with Crippen LogP contribution < -0.4 is 21.7 Å². The minimum atomic E-state index is -0.750. The molecule has 460 valence electrons. The molecule has 2 saturated carbocycles. The topological polar surface area (TPSA) is 244 Å². The Bertz CT molecular complexity index is 4020. The van der Waals surface area contributed by atoms with E-state index in [1.165, 1.54) is 0 Å². The van der Waals surface area contributed by atoms with Crippen LogP contribution in [0.1, 0.15) is 73.9 Å². The molecule has 5 N–H and O–H groups in total. The molecule has 6 aromatic carbocycles. The molecule has 0 bridgehead atoms. The second-order valence-corrected chi connectivity index (χ2v) is 22.3. The van der Waals surface area contributed by atoms with Gasteiger partial charge < -0.3 is 40.3 Å². The Labute approximate surface area is 537 Å². The van der Waals surface area contributed by atoms with E-state index in [0.717, 1.165) is 118 Å². The third-order valence-electron chi connectivity index (χ3n) is 15.0. The first-order valence-corrected chi connectivity index (χ1v) is 31.1. The molecule has 18 nitrogen and oxygen atoms in total. The van der Waals surface area contributed by atoms with Gasteiger partial charge in [-0.3, -0.25) is 0 Å². The molecule has 89 heavy (non-hydrogen) atoms. The molecule has 0 radical (unpaired) electrons. The largest absolute Gasteiger partial charge is 0.445 e. The number of para-hydroxylation sites is 4. The standard InChI is InChI=1S/C33H32ClN5O2.C19H13Cl2N3.C14H20N2O2.2O2S/c1-22-30(27-17-8-9-18-29(27)39(22)26-15-6-3-7-16-26)31-28(34)20-35-32(38-31)36-24-13-10-14-25(19-24)37-33(40)41-21-23-11-4-2-5-12-23;1-12-17(18-15(20)11-22-19(21)23-18)14-9-5-6-10-16(14)24(12)13-7-3-2-4-8-13;15-12-7-4-8-13(9-12)16-14(17)18-10-11-5-2-1-3-6-11;2*1-3-2/h2-9,11-12,15-18,20,24-25H,10,13-14,19,21H2,1H3,(H,37,40)(H,35,36,38);2-11H,1H3;1-3,5-6,12-13H,4,7-10,15H2,(H,16,17);;/t24-,25+;;12-,13+;;/m1.1../s1. The third kappa shape index (κ3) is 18.2. The SMILES string of the molecule is Cc1c(-c2nc(Cl)ncc2Cl)c2ccccc2n1-c1ccccc1.Cc1c(-c2nc(N[C@@H]3CCC[C@H](NC(=O)OCc4ccccc4)C3)ncc2Cl)c2ccccc2n1-c1ccccc1.N[C@@H]1CCC[C@H](NC(=O)OCc2ccccc2)C1.O=S=O.O=S=O. The molecular weight excluding hydrogens is 1230 g/mol. The van der Waals surface area contributed by atoms with Crippen LogP contribution in [-0.4, -0.2) is 82.3 Å². The normalized spacial score (nSPS) is 15.8. The molecule has 0 unspecified atom stereocenters. The van der Waals surface area contributed by atoms with Crippen molar-refractivity contribution in [2.75, 3.05) is 5.32 Å². The molecule has 12 rings (SSSR count). The highest BCUT2D eigenvalue weighted by atomic mass is 35.5. The maximum atomic E-state index is 12.4. The van der Waals surface area contributed by atoms with Gasteiger partial charge >= 0.3 is 35.3 Å². The highest BCUT2D eigenvalue weighted by molar-refractivity contribution is 7.52. The third-order valence-corrected chi connectivity index (χ3v) is 15.7. The van der Waals surface area contributed by atoms with Crippen molar-refractivity contribution in [1.29, 1.82) is 0 Å². The van der Waals surface area contributed by atoms with Gasteiger partial charge in [0, 0.05) is 68.8 Å². The van der Waals surface area contributed by atoms with Crippen LogP contribution in [0.3, 0.4) is 0 Å². The van der Waals surface area contributed by atoms with E-state index in [2.05, 4.69) is 102 Å². The zero-order valence-corrected chi connectivity index (χ0v) is 52.6. The lowest BCUT2D eigenvalue weighted by atomic mass is 9.91. The van der Waals surface area contributed by atoms with Crippen molar-refractivity contribution in [3.05, 3.63) is 220 Å². The minimum absolute atomic E-state index is 0.0161. The number of fused-ring (bicyclic) bond motifs is 2. The van der Waals surface area contributed by atoms with Gasteiger partial charge in [-0.2, -0.15) is 16.8 Å². The van der Waals surface area contributed by atoms with E-state index in [1.54, 1.807) is 12.4 Å². The van der Waals surface area contributed by atoms with E-state index in [9.17, 15) is 9.59 Å². The van der Waals surface area contributed by atoms with Crippen LogP contribution in [0.2, 0.25) is 15.3 Å². The van der Waals surface area contributed by atoms with E-state index < -0.39 is 29.2 Å². The number of hydrogen-bond donors (Lipinski definition) is 4. The number of benzene rings is 6. The number of amides is 2. The summed E-state index contributed by atoms with van der Waals surface area (Å²) < 4.78 is 48.2. The Kier molecular flexibility index (Phi) is 25.1. The quantitative estimate of drug-likeness (QED) is 0.0832. The molecule has 2 aliphatic rings. The lowest BCUT2D eigenvalue weighted by Crippen LogP contribution is -2.42. The van der Waals surface area contributed by atoms with E-state index in [1.807, 2.05) is 121 Å². The molecular formula is C66H65Cl3N10O8S2. The number of carbonyl (C=O) groups excluding carboxylic acids is 2. The van der Waals surface area contributed by atoms with Gasteiger partial charge in [-0.1, -0.05) is 157 Å². The Balaban J connectivity index is 0.000000180. The zero-order valence-electron chi connectivity index (χ0n) is 48.7. The Morgan fingerprint density at radius 1 is 0.528 bits per heavy atom. The average molecular weight is 1300 g/mol. The fourth-order valence-corrected chi connectivity index (χ4v) is 11.6. The number of nitrogens with zero attached hydrogens (tertiary/aromatic N) is 6. The zero-order chi connectivity index (χ0) is 63.1. The molecule has 10 aromatic rings. The predicted molar refractivity (Wildman–Crippen MR) is 350 cm³/mol. The van der Waals surface area contributed by atoms with E-state index in [0.29, 0.717) is 34.0 Å². The van der Waals surface area contributed by atoms with Gasteiger partial charge in [0.25, 0.3) is 0 Å². The molecule has 0 spiro atoms. The van der Waals surface area contributed by atoms with E-state index >= 15 is 0 Å². The number of ether oxygens (including phenoxy) is 2. The number of hydrogen-bond acceptors (Lipinski definition) is 14. The first-order valence-electron chi connectivity index (χ1n) is 28.6. The van der Waals surface area contributed by atoms with Crippen LogP contribution >= 0.6 is 34.8 Å². The lowest BCUT2D eigenvalue weighted by molar-refractivity contribution is 0.131. The summed E-state index contributed by atoms with van der Waals surface area (Å²) in [6, 6.07) is 56.9. The van der Waals surface area contributed by atoms with Gasteiger partial charge in [0.1, 0.15) is 13.2 Å². The molecule has 4 atom stereocenters. The number of nitrogens with two attached hydrogens (primary N) is 1. The Hall–Kier alpha value is -8.63. The molecule has 0 saturated heterocycles. The summed E-state index contributed by atoms with van der Waals surface area (Å²) in [5.74, 6) is 0.526. The highest BCUT2D eigenvalue weighted by Gasteiger charge is 2.27. The van der Waals surface area contributed by atoms with Gasteiger partial charge in [-0.05, 0) is 124 Å². The van der Waals surface area contributed by atoms with Crippen molar-refractivity contribution in [3.63, 3.8) is 0 Å². The second kappa shape index (κ2) is 33.6. The Morgan fingerprint density at radius 2 is 0.921 bits per heavy atom. The van der Waals surface area contributed by atoms with E-state index in [4.69, 9.17) is 71.8 Å². The van der Waals surface area contributed by atoms with Crippen molar-refractivity contribution >= 4 is 97.9 Å². The number of aromatic nitrogens is 6. The van der Waals surface area contributed by atoms with Gasteiger partial charge in [0.15, 0.2) is 0 Å². The number of rotatable bonds is 12. The van der Waals surface area contributed by atoms with Crippen LogP contribution in [0, 0.1) is 13.8 Å². The van der Waals surface area contributed by atoms with Gasteiger partial charge in [0.2, 0.25) is 11.2 Å². The second-order valence-electron chi connectivity index (χ2n) is 20.9. The van der Waals surface area contributed by atoms with Crippen molar-refractivity contribution < 1.29 is 35.9 Å². The summed E-state index contributed by atoms with van der Waals surface area (Å²) in [4.78, 5) is 41.8. The van der Waals surface area contributed by atoms with Crippen LogP contribution in [-0.2, 0) is 45.8 Å². The smallest absolute Gasteiger partial charge is 0.407 e. The molecule has 2 fully saturated rings. The minimum Gasteiger partial charge on any atom is -0.445 e. The van der Waals surface area contributed by atoms with Gasteiger partial charge in [-0.25, -0.2) is 29.5 Å².